The van der Waals surface area contributed by atoms with E-state index in [1.807, 2.05) is 61.5 Å². The first-order valence-electron chi connectivity index (χ1n) is 11.4. The quantitative estimate of drug-likeness (QED) is 0.400. The molecular formula is C28H34N2O2. The molecule has 0 bridgehead atoms. The third-order valence-electron chi connectivity index (χ3n) is 5.49. The third-order valence-corrected chi connectivity index (χ3v) is 5.49. The number of hydrogen-bond donors (Lipinski definition) is 1. The first-order valence-corrected chi connectivity index (χ1v) is 11.4. The SMILES string of the molecule is CCOc1ccc(N(Cc2ccccc2)C(=O)Nc2c(C(C)C)cccc2C(C)C)cc1. The monoisotopic (exact) mass is 430 g/mol. The highest BCUT2D eigenvalue weighted by Gasteiger charge is 2.21. The van der Waals surface area contributed by atoms with Crippen molar-refractivity contribution in [2.45, 2.75) is 53.0 Å². The molecule has 0 heterocycles. The number of para-hydroxylation sites is 1. The van der Waals surface area contributed by atoms with Crippen molar-refractivity contribution in [3.8, 4) is 5.75 Å². The Labute approximate surface area is 192 Å². The van der Waals surface area contributed by atoms with E-state index < -0.39 is 0 Å². The maximum Gasteiger partial charge on any atom is 0.326 e. The summed E-state index contributed by atoms with van der Waals surface area (Å²) in [6.07, 6.45) is 0. The molecule has 0 atom stereocenters. The molecule has 0 saturated heterocycles. The molecule has 0 saturated carbocycles. The van der Waals surface area contributed by atoms with Crippen LogP contribution in [-0.4, -0.2) is 12.6 Å². The molecule has 0 spiro atoms. The van der Waals surface area contributed by atoms with Crippen LogP contribution in [0, 0.1) is 0 Å². The molecule has 0 fully saturated rings. The maximum atomic E-state index is 13.7. The predicted octanol–water partition coefficient (Wildman–Crippen LogP) is 7.57. The minimum absolute atomic E-state index is 0.145. The Hall–Kier alpha value is -3.27. The van der Waals surface area contributed by atoms with Crippen molar-refractivity contribution in [1.29, 1.82) is 0 Å². The van der Waals surface area contributed by atoms with Crippen LogP contribution < -0.4 is 15.0 Å². The van der Waals surface area contributed by atoms with Crippen molar-refractivity contribution in [2.24, 2.45) is 0 Å². The molecule has 32 heavy (non-hydrogen) atoms. The van der Waals surface area contributed by atoms with Crippen molar-refractivity contribution >= 4 is 17.4 Å². The Kier molecular flexibility index (Phi) is 7.93. The molecule has 0 aliphatic heterocycles. The Morgan fingerprint density at radius 3 is 1.97 bits per heavy atom. The summed E-state index contributed by atoms with van der Waals surface area (Å²) >= 11 is 0. The Balaban J connectivity index is 1.97. The molecule has 2 amide bonds. The number of benzene rings is 3. The van der Waals surface area contributed by atoms with E-state index in [0.29, 0.717) is 25.0 Å². The molecule has 3 aromatic carbocycles. The normalized spacial score (nSPS) is 11.0. The number of nitrogens with one attached hydrogen (secondary N) is 1. The van der Waals surface area contributed by atoms with Gasteiger partial charge in [0.05, 0.1) is 13.2 Å². The van der Waals surface area contributed by atoms with E-state index in [-0.39, 0.29) is 6.03 Å². The van der Waals surface area contributed by atoms with Gasteiger partial charge >= 0.3 is 6.03 Å². The summed E-state index contributed by atoms with van der Waals surface area (Å²) < 4.78 is 5.58. The second-order valence-electron chi connectivity index (χ2n) is 8.55. The molecule has 4 nitrogen and oxygen atoms in total. The second-order valence-corrected chi connectivity index (χ2v) is 8.55. The summed E-state index contributed by atoms with van der Waals surface area (Å²) in [5.41, 5.74) is 5.11. The zero-order valence-electron chi connectivity index (χ0n) is 19.8. The van der Waals surface area contributed by atoms with Gasteiger partial charge in [0.15, 0.2) is 0 Å². The fraction of sp³-hybridized carbons (Fsp3) is 0.321. The number of anilines is 2. The Morgan fingerprint density at radius 2 is 1.44 bits per heavy atom. The molecule has 0 aliphatic rings. The van der Waals surface area contributed by atoms with Gasteiger partial charge in [0, 0.05) is 11.4 Å². The van der Waals surface area contributed by atoms with Crippen molar-refractivity contribution in [2.75, 3.05) is 16.8 Å². The molecule has 0 radical (unpaired) electrons. The number of carbonyl (C=O) groups excluding carboxylic acids is 1. The number of amides is 2. The third kappa shape index (κ3) is 5.70. The molecular weight excluding hydrogens is 396 g/mol. The van der Waals surface area contributed by atoms with Crippen LogP contribution in [0.15, 0.2) is 72.8 Å². The van der Waals surface area contributed by atoms with Crippen molar-refractivity contribution < 1.29 is 9.53 Å². The number of hydrogen-bond acceptors (Lipinski definition) is 2. The van der Waals surface area contributed by atoms with Crippen molar-refractivity contribution in [3.05, 3.63) is 89.5 Å². The van der Waals surface area contributed by atoms with Crippen LogP contribution in [0.3, 0.4) is 0 Å². The van der Waals surface area contributed by atoms with Gasteiger partial charge in [-0.05, 0) is 59.7 Å². The maximum absolute atomic E-state index is 13.7. The molecule has 0 aromatic heterocycles. The van der Waals surface area contributed by atoms with E-state index >= 15 is 0 Å². The minimum Gasteiger partial charge on any atom is -0.494 e. The van der Waals surface area contributed by atoms with Crippen LogP contribution >= 0.6 is 0 Å². The van der Waals surface area contributed by atoms with Crippen LogP contribution in [0.25, 0.3) is 0 Å². The lowest BCUT2D eigenvalue weighted by Crippen LogP contribution is -2.35. The number of ether oxygens (including phenoxy) is 1. The summed E-state index contributed by atoms with van der Waals surface area (Å²) in [6.45, 7) is 11.7. The first-order chi connectivity index (χ1) is 15.4. The molecule has 3 aromatic rings. The van der Waals surface area contributed by atoms with Gasteiger partial charge in [-0.2, -0.15) is 0 Å². The van der Waals surface area contributed by atoms with E-state index in [9.17, 15) is 4.79 Å². The fourth-order valence-electron chi connectivity index (χ4n) is 3.81. The van der Waals surface area contributed by atoms with E-state index in [2.05, 4.69) is 51.2 Å². The highest BCUT2D eigenvalue weighted by Crippen LogP contribution is 2.33. The van der Waals surface area contributed by atoms with Crippen LogP contribution in [0.2, 0.25) is 0 Å². The van der Waals surface area contributed by atoms with Gasteiger partial charge in [0.2, 0.25) is 0 Å². The number of nitrogens with zero attached hydrogens (tertiary/aromatic N) is 1. The zero-order valence-corrected chi connectivity index (χ0v) is 19.8. The van der Waals surface area contributed by atoms with Crippen molar-refractivity contribution in [1.82, 2.24) is 0 Å². The van der Waals surface area contributed by atoms with Gasteiger partial charge in [-0.3, -0.25) is 4.90 Å². The first kappa shape index (κ1) is 23.4. The summed E-state index contributed by atoms with van der Waals surface area (Å²) in [6, 6.07) is 23.9. The molecule has 3 rings (SSSR count). The minimum atomic E-state index is -0.145. The van der Waals surface area contributed by atoms with Gasteiger partial charge in [0.1, 0.15) is 5.75 Å². The average Bonchev–Trinajstić information content (AvgIpc) is 2.79. The number of urea groups is 1. The smallest absolute Gasteiger partial charge is 0.326 e. The summed E-state index contributed by atoms with van der Waals surface area (Å²) in [5.74, 6) is 1.40. The Morgan fingerprint density at radius 1 is 0.844 bits per heavy atom. The van der Waals surface area contributed by atoms with E-state index in [1.54, 1.807) is 4.90 Å². The summed E-state index contributed by atoms with van der Waals surface area (Å²) in [7, 11) is 0. The lowest BCUT2D eigenvalue weighted by Gasteiger charge is -2.26. The predicted molar refractivity (Wildman–Crippen MR) is 134 cm³/mol. The zero-order chi connectivity index (χ0) is 23.1. The summed E-state index contributed by atoms with van der Waals surface area (Å²) in [5, 5.41) is 3.26. The second kappa shape index (κ2) is 10.9. The van der Waals surface area contributed by atoms with Gasteiger partial charge in [-0.25, -0.2) is 4.79 Å². The van der Waals surface area contributed by atoms with E-state index in [4.69, 9.17) is 4.74 Å². The average molecular weight is 431 g/mol. The molecule has 4 heteroatoms. The van der Waals surface area contributed by atoms with Gasteiger partial charge in [-0.1, -0.05) is 76.2 Å². The van der Waals surface area contributed by atoms with Crippen molar-refractivity contribution in [3.63, 3.8) is 0 Å². The summed E-state index contributed by atoms with van der Waals surface area (Å²) in [4.78, 5) is 15.4. The number of rotatable bonds is 8. The van der Waals surface area contributed by atoms with Gasteiger partial charge < -0.3 is 10.1 Å². The van der Waals surface area contributed by atoms with E-state index in [0.717, 1.165) is 33.8 Å². The molecule has 0 unspecified atom stereocenters. The number of carbonyl (C=O) groups is 1. The van der Waals surface area contributed by atoms with Crippen LogP contribution in [-0.2, 0) is 6.54 Å². The largest absolute Gasteiger partial charge is 0.494 e. The standard InChI is InChI=1S/C28H34N2O2/c1-6-32-24-17-15-23(16-18-24)30(19-22-11-8-7-9-12-22)28(31)29-27-25(20(2)3)13-10-14-26(27)21(4)5/h7-18,20-21H,6,19H2,1-5H3,(H,29,31). The molecule has 168 valence electrons. The highest BCUT2D eigenvalue weighted by atomic mass is 16.5. The van der Waals surface area contributed by atoms with E-state index in [1.165, 1.54) is 0 Å². The van der Waals surface area contributed by atoms with Crippen LogP contribution in [0.4, 0.5) is 16.2 Å². The fourth-order valence-corrected chi connectivity index (χ4v) is 3.81. The Bertz CT molecular complexity index is 985. The molecule has 0 aliphatic carbocycles. The van der Waals surface area contributed by atoms with Crippen LogP contribution in [0.5, 0.6) is 5.75 Å². The topological polar surface area (TPSA) is 41.6 Å². The van der Waals surface area contributed by atoms with Crippen LogP contribution in [0.1, 0.15) is 63.1 Å². The molecule has 1 N–H and O–H groups in total. The van der Waals surface area contributed by atoms with Gasteiger partial charge in [-0.15, -0.1) is 0 Å². The van der Waals surface area contributed by atoms with Gasteiger partial charge in [0.25, 0.3) is 0 Å². The lowest BCUT2D eigenvalue weighted by molar-refractivity contribution is 0.256. The highest BCUT2D eigenvalue weighted by molar-refractivity contribution is 6.02. The lowest BCUT2D eigenvalue weighted by atomic mass is 9.93.